The monoisotopic (exact) mass is 372 g/mol. The zero-order valence-electron chi connectivity index (χ0n) is 14.0. The van der Waals surface area contributed by atoms with E-state index in [0.29, 0.717) is 45.3 Å². The molecule has 1 aromatic rings. The molecule has 8 nitrogen and oxygen atoms in total. The van der Waals surface area contributed by atoms with Gasteiger partial charge >= 0.3 is 6.03 Å². The lowest BCUT2D eigenvalue weighted by atomic mass is 10.1. The largest absolute Gasteiger partial charge is 0.364 e. The number of piperidine rings is 1. The molecule has 2 heterocycles. The first-order valence-corrected chi connectivity index (χ1v) is 8.72. The van der Waals surface area contributed by atoms with Crippen LogP contribution < -0.4 is 11.1 Å². The van der Waals surface area contributed by atoms with E-state index in [-0.39, 0.29) is 17.8 Å². The number of hydrogen-bond acceptors (Lipinski definition) is 4. The number of nitrogens with one attached hydrogen (secondary N) is 1. The first kappa shape index (κ1) is 17.9. The summed E-state index contributed by atoms with van der Waals surface area (Å²) >= 11 is 5.68. The summed E-state index contributed by atoms with van der Waals surface area (Å²) in [5.74, 6) is -0.610. The average molecular weight is 373 g/mol. The highest BCUT2D eigenvalue weighted by Gasteiger charge is 2.64. The van der Waals surface area contributed by atoms with Crippen molar-refractivity contribution in [3.05, 3.63) is 11.9 Å². The van der Waals surface area contributed by atoms with Crippen LogP contribution >= 0.6 is 11.6 Å². The van der Waals surface area contributed by atoms with Crippen LogP contribution in [-0.2, 0) is 0 Å². The molecule has 2 fully saturated rings. The highest BCUT2D eigenvalue weighted by molar-refractivity contribution is 6.25. The molecule has 138 valence electrons. The number of halogens is 2. The molecular formula is C15H22ClFN6O2. The predicted molar refractivity (Wildman–Crippen MR) is 88.8 cm³/mol. The Morgan fingerprint density at radius 3 is 2.64 bits per heavy atom. The zero-order chi connectivity index (χ0) is 18.2. The number of nitrogens with two attached hydrogens (primary N) is 1. The van der Waals surface area contributed by atoms with Gasteiger partial charge in [0.2, 0.25) is 0 Å². The average Bonchev–Trinajstić information content (AvgIpc) is 2.93. The van der Waals surface area contributed by atoms with Gasteiger partial charge in [0.25, 0.3) is 5.91 Å². The van der Waals surface area contributed by atoms with Crippen LogP contribution in [0.3, 0.4) is 0 Å². The van der Waals surface area contributed by atoms with Crippen molar-refractivity contribution in [1.29, 1.82) is 0 Å². The molecule has 0 aromatic carbocycles. The minimum Gasteiger partial charge on any atom is -0.364 e. The maximum Gasteiger partial charge on any atom is 0.317 e. The molecule has 10 heteroatoms. The van der Waals surface area contributed by atoms with Gasteiger partial charge < -0.3 is 16.0 Å². The van der Waals surface area contributed by atoms with Gasteiger partial charge in [0, 0.05) is 31.5 Å². The van der Waals surface area contributed by atoms with E-state index in [9.17, 15) is 14.0 Å². The van der Waals surface area contributed by atoms with Crippen LogP contribution in [0.1, 0.15) is 49.1 Å². The van der Waals surface area contributed by atoms with Gasteiger partial charge in [0.05, 0.1) is 12.2 Å². The topological polar surface area (TPSA) is 106 Å². The normalized spacial score (nSPS) is 29.5. The van der Waals surface area contributed by atoms with Gasteiger partial charge in [-0.05, 0) is 19.3 Å². The quantitative estimate of drug-likeness (QED) is 0.762. The third kappa shape index (κ3) is 3.70. The van der Waals surface area contributed by atoms with Crippen molar-refractivity contribution in [1.82, 2.24) is 25.2 Å². The third-order valence-corrected chi connectivity index (χ3v) is 5.80. The molecular weight excluding hydrogens is 351 g/mol. The summed E-state index contributed by atoms with van der Waals surface area (Å²) in [7, 11) is 0. The second-order valence-corrected chi connectivity index (χ2v) is 7.69. The smallest absolute Gasteiger partial charge is 0.317 e. The molecule has 1 saturated heterocycles. The molecule has 1 aliphatic heterocycles. The number of urea groups is 1. The second kappa shape index (κ2) is 6.44. The fourth-order valence-electron chi connectivity index (χ4n) is 3.18. The summed E-state index contributed by atoms with van der Waals surface area (Å²) in [6, 6.07) is -0.0726. The van der Waals surface area contributed by atoms with Crippen molar-refractivity contribution in [3.63, 3.8) is 0 Å². The number of alkyl halides is 2. The maximum atomic E-state index is 13.6. The van der Waals surface area contributed by atoms with Gasteiger partial charge in [-0.1, -0.05) is 23.7 Å². The predicted octanol–water partition coefficient (Wildman–Crippen LogP) is 1.43. The summed E-state index contributed by atoms with van der Waals surface area (Å²) < 4.78 is 15.2. The molecule has 2 atom stereocenters. The van der Waals surface area contributed by atoms with Crippen LogP contribution in [0.2, 0.25) is 0 Å². The lowest BCUT2D eigenvalue weighted by molar-refractivity contribution is 0.0995. The number of nitrogens with zero attached hydrogens (tertiary/aromatic N) is 4. The molecule has 25 heavy (non-hydrogen) atoms. The molecule has 0 spiro atoms. The lowest BCUT2D eigenvalue weighted by Gasteiger charge is -2.32. The second-order valence-electron chi connectivity index (χ2n) is 7.09. The Hall–Kier alpha value is -1.90. The molecule has 3 N–H and O–H groups in total. The van der Waals surface area contributed by atoms with Crippen molar-refractivity contribution in [2.45, 2.75) is 43.8 Å². The molecule has 3 amide bonds. The molecule has 2 aliphatic rings. The van der Waals surface area contributed by atoms with Crippen molar-refractivity contribution >= 4 is 23.5 Å². The number of rotatable bonds is 5. The number of amides is 3. The van der Waals surface area contributed by atoms with Gasteiger partial charge in [-0.15, -0.1) is 5.10 Å². The highest BCUT2D eigenvalue weighted by atomic mass is 35.5. The van der Waals surface area contributed by atoms with Crippen LogP contribution in [-0.4, -0.2) is 56.6 Å². The Balaban J connectivity index is 1.42. The van der Waals surface area contributed by atoms with Crippen LogP contribution in [0, 0.1) is 5.41 Å². The molecule has 1 aromatic heterocycles. The Morgan fingerprint density at radius 1 is 1.48 bits per heavy atom. The Kier molecular flexibility index (Phi) is 4.61. The van der Waals surface area contributed by atoms with Crippen molar-refractivity contribution in [3.8, 4) is 0 Å². The van der Waals surface area contributed by atoms with Gasteiger partial charge in [-0.3, -0.25) is 4.79 Å². The molecule has 3 rings (SSSR count). The lowest BCUT2D eigenvalue weighted by Crippen LogP contribution is -2.45. The van der Waals surface area contributed by atoms with E-state index >= 15 is 0 Å². The number of primary amides is 1. The minimum atomic E-state index is -1.63. The molecule has 0 radical (unpaired) electrons. The van der Waals surface area contributed by atoms with Crippen LogP contribution in [0.5, 0.6) is 0 Å². The van der Waals surface area contributed by atoms with E-state index in [1.54, 1.807) is 16.5 Å². The van der Waals surface area contributed by atoms with Crippen LogP contribution in [0.25, 0.3) is 0 Å². The Bertz CT molecular complexity index is 673. The first-order chi connectivity index (χ1) is 11.7. The maximum absolute atomic E-state index is 13.6. The molecule has 1 saturated carbocycles. The number of aromatic nitrogens is 3. The van der Waals surface area contributed by atoms with Crippen molar-refractivity contribution < 1.29 is 14.0 Å². The summed E-state index contributed by atoms with van der Waals surface area (Å²) in [6.07, 6.45) is 3.80. The third-order valence-electron chi connectivity index (χ3n) is 5.21. The number of carbonyl (C=O) groups is 2. The zero-order valence-corrected chi connectivity index (χ0v) is 14.8. The van der Waals surface area contributed by atoms with Crippen molar-refractivity contribution in [2.24, 2.45) is 11.1 Å². The number of carbonyl (C=O) groups excluding carboxylic acids is 2. The highest BCUT2D eigenvalue weighted by Crippen LogP contribution is 2.63. The van der Waals surface area contributed by atoms with E-state index in [1.165, 1.54) is 6.20 Å². The van der Waals surface area contributed by atoms with E-state index in [4.69, 9.17) is 17.3 Å². The SMILES string of the molecule is CC1(CCNC(=O)N2CCC(n3cc(C(N)=O)nn3)CC2)CC1(F)Cl. The number of likely N-dealkylation sites (tertiary alicyclic amines) is 1. The molecule has 2 unspecified atom stereocenters. The van der Waals surface area contributed by atoms with Gasteiger partial charge in [0.1, 0.15) is 0 Å². The van der Waals surface area contributed by atoms with Crippen LogP contribution in [0.4, 0.5) is 9.18 Å². The molecule has 1 aliphatic carbocycles. The first-order valence-electron chi connectivity index (χ1n) is 8.34. The van der Waals surface area contributed by atoms with Gasteiger partial charge in [-0.2, -0.15) is 0 Å². The van der Waals surface area contributed by atoms with E-state index in [2.05, 4.69) is 15.6 Å². The summed E-state index contributed by atoms with van der Waals surface area (Å²) in [5.41, 5.74) is 4.76. The van der Waals surface area contributed by atoms with Crippen LogP contribution in [0.15, 0.2) is 6.20 Å². The fourth-order valence-corrected chi connectivity index (χ4v) is 3.57. The Labute approximate surface area is 149 Å². The fraction of sp³-hybridized carbons (Fsp3) is 0.733. The standard InChI is InChI=1S/C15H22ClFN6O2/c1-14(9-15(14,16)17)4-5-19-13(25)22-6-2-10(3-7-22)23-8-11(12(18)24)20-21-23/h8,10H,2-7,9H2,1H3,(H2,18,24)(H,19,25). The van der Waals surface area contributed by atoms with Gasteiger partial charge in [0.15, 0.2) is 10.8 Å². The van der Waals surface area contributed by atoms with E-state index < -0.39 is 16.5 Å². The minimum absolute atomic E-state index is 0.0819. The summed E-state index contributed by atoms with van der Waals surface area (Å²) in [5, 5.41) is 8.86. The number of hydrogen-bond donors (Lipinski definition) is 2. The Morgan fingerprint density at radius 2 is 2.12 bits per heavy atom. The summed E-state index contributed by atoms with van der Waals surface area (Å²) in [6.45, 7) is 3.33. The van der Waals surface area contributed by atoms with E-state index in [0.717, 1.165) is 0 Å². The summed E-state index contributed by atoms with van der Waals surface area (Å²) in [4.78, 5) is 25.0. The van der Waals surface area contributed by atoms with Gasteiger partial charge in [-0.25, -0.2) is 13.9 Å². The van der Waals surface area contributed by atoms with Crippen molar-refractivity contribution in [2.75, 3.05) is 19.6 Å². The molecule has 0 bridgehead atoms. The van der Waals surface area contributed by atoms with E-state index in [1.807, 2.05) is 0 Å².